The second kappa shape index (κ2) is 8.56. The molecule has 0 bridgehead atoms. The van der Waals surface area contributed by atoms with Crippen molar-refractivity contribution >= 4 is 21.8 Å². The van der Waals surface area contributed by atoms with E-state index in [0.717, 1.165) is 16.1 Å². The summed E-state index contributed by atoms with van der Waals surface area (Å²) in [7, 11) is -3.56. The van der Waals surface area contributed by atoms with E-state index in [2.05, 4.69) is 10.6 Å². The number of ether oxygens (including phenoxy) is 2. The van der Waals surface area contributed by atoms with E-state index >= 15 is 0 Å². The summed E-state index contributed by atoms with van der Waals surface area (Å²) in [6.07, 6.45) is 1.05. The predicted molar refractivity (Wildman–Crippen MR) is 101 cm³/mol. The van der Waals surface area contributed by atoms with E-state index in [1.807, 2.05) is 30.3 Å². The van der Waals surface area contributed by atoms with Crippen molar-refractivity contribution in [2.75, 3.05) is 45.6 Å². The Kier molecular flexibility index (Phi) is 6.33. The van der Waals surface area contributed by atoms with Crippen LogP contribution in [-0.2, 0) is 35.7 Å². The molecule has 0 radical (unpaired) electrons. The zero-order valence-electron chi connectivity index (χ0n) is 15.7. The molecule has 0 aromatic heterocycles. The molecule has 3 rings (SSSR count). The van der Waals surface area contributed by atoms with E-state index in [1.54, 1.807) is 0 Å². The van der Waals surface area contributed by atoms with Gasteiger partial charge in [-0.15, -0.1) is 0 Å². The quantitative estimate of drug-likeness (QED) is 0.562. The maximum absolute atomic E-state index is 12.7. The van der Waals surface area contributed by atoms with Crippen molar-refractivity contribution in [3.63, 3.8) is 0 Å². The molecule has 1 spiro atoms. The third kappa shape index (κ3) is 4.52. The van der Waals surface area contributed by atoms with E-state index in [9.17, 15) is 18.0 Å². The molecule has 28 heavy (non-hydrogen) atoms. The van der Waals surface area contributed by atoms with Gasteiger partial charge in [-0.3, -0.25) is 9.59 Å². The normalized spacial score (nSPS) is 25.6. The van der Waals surface area contributed by atoms with Crippen LogP contribution in [0.5, 0.6) is 0 Å². The summed E-state index contributed by atoms with van der Waals surface area (Å²) >= 11 is 0. The summed E-state index contributed by atoms with van der Waals surface area (Å²) in [5.41, 5.74) is -0.462. The molecular weight excluding hydrogens is 386 g/mol. The number of sulfonamides is 1. The van der Waals surface area contributed by atoms with Crippen LogP contribution in [0.3, 0.4) is 0 Å². The van der Waals surface area contributed by atoms with Gasteiger partial charge in [-0.1, -0.05) is 30.3 Å². The number of benzene rings is 1. The molecule has 0 unspecified atom stereocenters. The van der Waals surface area contributed by atoms with Crippen molar-refractivity contribution in [2.24, 2.45) is 5.92 Å². The van der Waals surface area contributed by atoms with Crippen LogP contribution in [0, 0.1) is 5.92 Å². The molecule has 1 aromatic carbocycles. The first kappa shape index (κ1) is 20.7. The highest BCUT2D eigenvalue weighted by molar-refractivity contribution is 7.88. The fourth-order valence-electron chi connectivity index (χ4n) is 3.46. The van der Waals surface area contributed by atoms with Gasteiger partial charge in [-0.25, -0.2) is 8.42 Å². The van der Waals surface area contributed by atoms with Gasteiger partial charge in [0.2, 0.25) is 15.9 Å². The number of amides is 2. The number of hydrogen-bond acceptors (Lipinski definition) is 6. The molecule has 9 nitrogen and oxygen atoms in total. The third-order valence-corrected chi connectivity index (χ3v) is 6.15. The molecule has 2 N–H and O–H groups in total. The Labute approximate surface area is 164 Å². The highest BCUT2D eigenvalue weighted by atomic mass is 32.2. The molecule has 10 heteroatoms. The van der Waals surface area contributed by atoms with Crippen LogP contribution in [0.25, 0.3) is 0 Å². The van der Waals surface area contributed by atoms with Crippen LogP contribution in [0.4, 0.5) is 0 Å². The number of rotatable bonds is 7. The molecule has 0 saturated carbocycles. The number of nitrogens with one attached hydrogen (secondary N) is 2. The minimum Gasteiger partial charge on any atom is -0.375 e. The average molecular weight is 411 g/mol. The Morgan fingerprint density at radius 3 is 2.82 bits per heavy atom. The Balaban J connectivity index is 1.58. The lowest BCUT2D eigenvalue weighted by Gasteiger charge is -2.36. The summed E-state index contributed by atoms with van der Waals surface area (Å²) in [6.45, 7) is 1.27. The van der Waals surface area contributed by atoms with E-state index in [1.165, 1.54) is 0 Å². The van der Waals surface area contributed by atoms with Gasteiger partial charge in [0.1, 0.15) is 0 Å². The average Bonchev–Trinajstić information content (AvgIpc) is 3.05. The number of hydrogen-bond donors (Lipinski definition) is 2. The molecule has 2 atom stereocenters. The molecule has 2 fully saturated rings. The maximum atomic E-state index is 12.7. The van der Waals surface area contributed by atoms with E-state index in [0.29, 0.717) is 19.8 Å². The van der Waals surface area contributed by atoms with Gasteiger partial charge < -0.3 is 20.1 Å². The van der Waals surface area contributed by atoms with E-state index < -0.39 is 33.4 Å². The monoisotopic (exact) mass is 411 g/mol. The minimum atomic E-state index is -3.56. The number of nitrogens with zero attached hydrogens (tertiary/aromatic N) is 1. The zero-order valence-corrected chi connectivity index (χ0v) is 16.5. The lowest BCUT2D eigenvalue weighted by Crippen LogP contribution is -2.62. The SMILES string of the molecule is CS(=O)(=O)N1C[C@H](C(=O)NCCOCc2ccccc2)[C@@]2(C1)OCCNC2=O. The molecule has 2 heterocycles. The molecule has 1 aromatic rings. The highest BCUT2D eigenvalue weighted by Crippen LogP contribution is 2.34. The second-order valence-corrected chi connectivity index (χ2v) is 8.91. The number of carbonyl (C=O) groups is 2. The van der Waals surface area contributed by atoms with Gasteiger partial charge >= 0.3 is 0 Å². The standard InChI is InChI=1S/C18H25N3O6S/c1-28(24,25)21-11-15(18(13-21)17(23)20-8-10-27-18)16(22)19-7-9-26-12-14-5-3-2-4-6-14/h2-6,15H,7-13H2,1H3,(H,19,22)(H,20,23)/t15-,18-/m1/s1. The largest absolute Gasteiger partial charge is 0.375 e. The predicted octanol–water partition coefficient (Wildman–Crippen LogP) is -0.904. The smallest absolute Gasteiger partial charge is 0.254 e. The van der Waals surface area contributed by atoms with Gasteiger partial charge in [0, 0.05) is 19.6 Å². The van der Waals surface area contributed by atoms with Crippen LogP contribution in [0.1, 0.15) is 5.56 Å². The van der Waals surface area contributed by atoms with Crippen molar-refractivity contribution in [2.45, 2.75) is 12.2 Å². The van der Waals surface area contributed by atoms with Gasteiger partial charge in [0.15, 0.2) is 5.60 Å². The van der Waals surface area contributed by atoms with Gasteiger partial charge in [-0.05, 0) is 5.56 Å². The van der Waals surface area contributed by atoms with Crippen molar-refractivity contribution < 1.29 is 27.5 Å². The Bertz CT molecular complexity index is 816. The van der Waals surface area contributed by atoms with Crippen molar-refractivity contribution in [3.05, 3.63) is 35.9 Å². The fourth-order valence-corrected chi connectivity index (χ4v) is 4.30. The van der Waals surface area contributed by atoms with Crippen molar-refractivity contribution in [1.29, 1.82) is 0 Å². The highest BCUT2D eigenvalue weighted by Gasteiger charge is 2.59. The Morgan fingerprint density at radius 1 is 1.39 bits per heavy atom. The molecule has 0 aliphatic carbocycles. The molecule has 154 valence electrons. The van der Waals surface area contributed by atoms with E-state index in [-0.39, 0.29) is 26.2 Å². The van der Waals surface area contributed by atoms with Crippen LogP contribution in [-0.4, -0.2) is 75.8 Å². The summed E-state index contributed by atoms with van der Waals surface area (Å²) in [5, 5.41) is 5.41. The summed E-state index contributed by atoms with van der Waals surface area (Å²) in [4.78, 5) is 25.2. The topological polar surface area (TPSA) is 114 Å². The third-order valence-electron chi connectivity index (χ3n) is 4.93. The molecule has 2 aliphatic rings. The summed E-state index contributed by atoms with van der Waals surface area (Å²) < 4.78 is 36.2. The lowest BCUT2D eigenvalue weighted by atomic mass is 9.88. The van der Waals surface area contributed by atoms with Crippen molar-refractivity contribution in [3.8, 4) is 0 Å². The van der Waals surface area contributed by atoms with Crippen LogP contribution < -0.4 is 10.6 Å². The van der Waals surface area contributed by atoms with Crippen LogP contribution in [0.2, 0.25) is 0 Å². The first-order valence-electron chi connectivity index (χ1n) is 9.10. The summed E-state index contributed by atoms with van der Waals surface area (Å²) in [5.74, 6) is -1.80. The van der Waals surface area contributed by atoms with Crippen LogP contribution in [0.15, 0.2) is 30.3 Å². The van der Waals surface area contributed by atoms with Gasteiger partial charge in [0.25, 0.3) is 5.91 Å². The van der Waals surface area contributed by atoms with E-state index in [4.69, 9.17) is 9.47 Å². The molecular formula is C18H25N3O6S. The summed E-state index contributed by atoms with van der Waals surface area (Å²) in [6, 6.07) is 9.65. The fraction of sp³-hybridized carbons (Fsp3) is 0.556. The first-order chi connectivity index (χ1) is 13.3. The van der Waals surface area contributed by atoms with Gasteiger partial charge in [-0.2, -0.15) is 4.31 Å². The number of morpholine rings is 1. The Hall–Kier alpha value is -2.01. The molecule has 2 aliphatic heterocycles. The molecule has 2 saturated heterocycles. The maximum Gasteiger partial charge on any atom is 0.254 e. The lowest BCUT2D eigenvalue weighted by molar-refractivity contribution is -0.163. The van der Waals surface area contributed by atoms with Crippen molar-refractivity contribution in [1.82, 2.24) is 14.9 Å². The Morgan fingerprint density at radius 2 is 2.14 bits per heavy atom. The van der Waals surface area contributed by atoms with Gasteiger partial charge in [0.05, 0.1) is 38.5 Å². The number of carbonyl (C=O) groups excluding carboxylic acids is 2. The minimum absolute atomic E-state index is 0.0943. The zero-order chi connectivity index (χ0) is 20.2. The second-order valence-electron chi connectivity index (χ2n) is 6.93. The first-order valence-corrected chi connectivity index (χ1v) is 10.9. The van der Waals surface area contributed by atoms with Crippen LogP contribution >= 0.6 is 0 Å². The molecule has 2 amide bonds.